The van der Waals surface area contributed by atoms with Crippen molar-refractivity contribution < 1.29 is 4.79 Å². The number of nitrogens with zero attached hydrogens (tertiary/aromatic N) is 4. The van der Waals surface area contributed by atoms with Crippen LogP contribution in [-0.4, -0.2) is 57.5 Å². The molecule has 1 aromatic heterocycles. The Bertz CT molecular complexity index is 962. The maximum atomic E-state index is 13.1. The topological polar surface area (TPSA) is 41.4 Å². The second-order valence-electron chi connectivity index (χ2n) is 7.47. The Hall–Kier alpha value is -2.66. The Kier molecular flexibility index (Phi) is 4.70. The summed E-state index contributed by atoms with van der Waals surface area (Å²) >= 11 is 0. The number of aromatic nitrogens is 2. The fourth-order valence-corrected chi connectivity index (χ4v) is 3.88. The van der Waals surface area contributed by atoms with E-state index in [4.69, 9.17) is 0 Å². The largest absolute Gasteiger partial charge is 0.335 e. The molecule has 4 rings (SSSR count). The maximum Gasteiger partial charge on any atom is 0.272 e. The highest BCUT2D eigenvalue weighted by molar-refractivity contribution is 5.97. The van der Waals surface area contributed by atoms with Crippen molar-refractivity contribution in [1.82, 2.24) is 19.4 Å². The van der Waals surface area contributed by atoms with Crippen LogP contribution in [0.4, 0.5) is 0 Å². The van der Waals surface area contributed by atoms with E-state index in [1.807, 2.05) is 34.7 Å². The Labute approximate surface area is 160 Å². The summed E-state index contributed by atoms with van der Waals surface area (Å²) in [6, 6.07) is 15.0. The van der Waals surface area contributed by atoms with Gasteiger partial charge in [0.2, 0.25) is 0 Å². The van der Waals surface area contributed by atoms with Gasteiger partial charge < -0.3 is 9.47 Å². The molecule has 1 fully saturated rings. The number of piperazine rings is 1. The van der Waals surface area contributed by atoms with Crippen LogP contribution in [0.25, 0.3) is 22.2 Å². The molecule has 1 saturated heterocycles. The molecule has 0 spiro atoms. The van der Waals surface area contributed by atoms with Crippen LogP contribution in [0, 0.1) is 0 Å². The van der Waals surface area contributed by atoms with Crippen LogP contribution in [0.5, 0.6) is 0 Å². The summed E-state index contributed by atoms with van der Waals surface area (Å²) in [6.07, 6.45) is 1.72. The monoisotopic (exact) mass is 362 g/mol. The molecule has 5 heteroatoms. The number of carbonyl (C=O) groups is 1. The van der Waals surface area contributed by atoms with Crippen LogP contribution in [0.15, 0.2) is 48.7 Å². The van der Waals surface area contributed by atoms with Crippen molar-refractivity contribution >= 4 is 16.7 Å². The summed E-state index contributed by atoms with van der Waals surface area (Å²) in [4.78, 5) is 22.0. The molecule has 0 saturated carbocycles. The van der Waals surface area contributed by atoms with E-state index in [0.717, 1.165) is 43.0 Å². The van der Waals surface area contributed by atoms with Gasteiger partial charge in [-0.1, -0.05) is 42.5 Å². The number of fused-ring (bicyclic) bond motifs is 1. The van der Waals surface area contributed by atoms with E-state index in [-0.39, 0.29) is 5.91 Å². The van der Waals surface area contributed by atoms with Crippen LogP contribution >= 0.6 is 0 Å². The molecule has 3 aromatic rings. The van der Waals surface area contributed by atoms with Gasteiger partial charge in [-0.15, -0.1) is 0 Å². The Balaban J connectivity index is 1.62. The van der Waals surface area contributed by atoms with Gasteiger partial charge in [0.1, 0.15) is 11.5 Å². The first-order chi connectivity index (χ1) is 13.1. The lowest BCUT2D eigenvalue weighted by atomic mass is 10.0. The van der Waals surface area contributed by atoms with Crippen molar-refractivity contribution in [1.29, 1.82) is 0 Å². The van der Waals surface area contributed by atoms with E-state index in [1.54, 1.807) is 6.20 Å². The van der Waals surface area contributed by atoms with Gasteiger partial charge in [-0.2, -0.15) is 0 Å². The lowest BCUT2D eigenvalue weighted by molar-refractivity contribution is 0.0586. The molecule has 0 radical (unpaired) electrons. The fraction of sp³-hybridized carbons (Fsp3) is 0.364. The predicted molar refractivity (Wildman–Crippen MR) is 109 cm³/mol. The molecule has 0 N–H and O–H groups in total. The number of amides is 1. The van der Waals surface area contributed by atoms with Crippen molar-refractivity contribution in [3.8, 4) is 11.4 Å². The molecular weight excluding hydrogens is 336 g/mol. The smallest absolute Gasteiger partial charge is 0.272 e. The minimum atomic E-state index is 0.0693. The van der Waals surface area contributed by atoms with Gasteiger partial charge in [-0.25, -0.2) is 4.98 Å². The van der Waals surface area contributed by atoms with E-state index in [2.05, 4.69) is 48.0 Å². The average Bonchev–Trinajstić information content (AvgIpc) is 3.08. The number of imidazole rings is 1. The first kappa shape index (κ1) is 17.7. The van der Waals surface area contributed by atoms with Gasteiger partial charge in [0.15, 0.2) is 0 Å². The number of hydrogen-bond acceptors (Lipinski definition) is 3. The molecule has 140 valence electrons. The molecule has 0 atom stereocenters. The van der Waals surface area contributed by atoms with E-state index < -0.39 is 0 Å². The van der Waals surface area contributed by atoms with Gasteiger partial charge in [0.25, 0.3) is 5.91 Å². The lowest BCUT2D eigenvalue weighted by Gasteiger charge is -2.36. The van der Waals surface area contributed by atoms with Crippen molar-refractivity contribution in [2.24, 2.45) is 7.05 Å². The fourth-order valence-electron chi connectivity index (χ4n) is 3.88. The van der Waals surface area contributed by atoms with Gasteiger partial charge >= 0.3 is 0 Å². The van der Waals surface area contributed by atoms with Crippen molar-refractivity contribution in [3.05, 3.63) is 54.4 Å². The van der Waals surface area contributed by atoms with Gasteiger partial charge in [-0.3, -0.25) is 9.69 Å². The highest BCUT2D eigenvalue weighted by Crippen LogP contribution is 2.28. The average molecular weight is 362 g/mol. The van der Waals surface area contributed by atoms with E-state index in [1.165, 1.54) is 5.39 Å². The summed E-state index contributed by atoms with van der Waals surface area (Å²) in [5, 5.41) is 2.33. The zero-order chi connectivity index (χ0) is 19.0. The summed E-state index contributed by atoms with van der Waals surface area (Å²) in [7, 11) is 1.93. The summed E-state index contributed by atoms with van der Waals surface area (Å²) < 4.78 is 1.93. The summed E-state index contributed by atoms with van der Waals surface area (Å²) in [6.45, 7) is 7.80. The molecule has 0 aliphatic carbocycles. The third-order valence-corrected chi connectivity index (χ3v) is 5.57. The molecule has 1 aliphatic rings. The molecule has 0 bridgehead atoms. The van der Waals surface area contributed by atoms with Crippen molar-refractivity contribution in [2.75, 3.05) is 26.2 Å². The number of carbonyl (C=O) groups excluding carboxylic acids is 1. The van der Waals surface area contributed by atoms with Crippen molar-refractivity contribution in [3.63, 3.8) is 0 Å². The Morgan fingerprint density at radius 2 is 1.70 bits per heavy atom. The van der Waals surface area contributed by atoms with Crippen LogP contribution in [-0.2, 0) is 7.05 Å². The maximum absolute atomic E-state index is 13.1. The van der Waals surface area contributed by atoms with E-state index in [0.29, 0.717) is 11.7 Å². The summed E-state index contributed by atoms with van der Waals surface area (Å²) in [5.41, 5.74) is 1.70. The molecule has 27 heavy (non-hydrogen) atoms. The lowest BCUT2D eigenvalue weighted by Crippen LogP contribution is -2.50. The minimum absolute atomic E-state index is 0.0693. The third kappa shape index (κ3) is 3.23. The van der Waals surface area contributed by atoms with Crippen LogP contribution < -0.4 is 0 Å². The predicted octanol–water partition coefficient (Wildman–Crippen LogP) is 3.41. The first-order valence-corrected chi connectivity index (χ1v) is 9.59. The second-order valence-corrected chi connectivity index (χ2v) is 7.47. The molecule has 2 heterocycles. The molecule has 2 aromatic carbocycles. The van der Waals surface area contributed by atoms with Gasteiger partial charge in [0, 0.05) is 44.8 Å². The van der Waals surface area contributed by atoms with Crippen molar-refractivity contribution in [2.45, 2.75) is 19.9 Å². The highest BCUT2D eigenvalue weighted by Gasteiger charge is 2.26. The molecule has 1 aliphatic heterocycles. The van der Waals surface area contributed by atoms with Crippen LogP contribution in [0.2, 0.25) is 0 Å². The quantitative estimate of drug-likeness (QED) is 0.717. The zero-order valence-electron chi connectivity index (χ0n) is 16.2. The van der Waals surface area contributed by atoms with Gasteiger partial charge in [0.05, 0.1) is 6.20 Å². The second kappa shape index (κ2) is 7.16. The zero-order valence-corrected chi connectivity index (χ0v) is 16.2. The SMILES string of the molecule is CC(C)N1CCN(C(=O)c2cnc(-c3cccc4ccccc34)n2C)CC1. The molecule has 5 nitrogen and oxygen atoms in total. The van der Waals surface area contributed by atoms with E-state index in [9.17, 15) is 4.79 Å². The third-order valence-electron chi connectivity index (χ3n) is 5.57. The molecule has 0 unspecified atom stereocenters. The first-order valence-electron chi connectivity index (χ1n) is 9.59. The van der Waals surface area contributed by atoms with Gasteiger partial charge in [-0.05, 0) is 24.6 Å². The standard InChI is InChI=1S/C22H26N4O/c1-16(2)25-11-13-26(14-12-25)22(27)20-15-23-21(24(20)3)19-10-6-8-17-7-4-5-9-18(17)19/h4-10,15-16H,11-14H2,1-3H3. The highest BCUT2D eigenvalue weighted by atomic mass is 16.2. The molecule has 1 amide bonds. The van der Waals surface area contributed by atoms with Crippen LogP contribution in [0.1, 0.15) is 24.3 Å². The summed E-state index contributed by atoms with van der Waals surface area (Å²) in [5.74, 6) is 0.899. The van der Waals surface area contributed by atoms with Crippen LogP contribution in [0.3, 0.4) is 0 Å². The molecular formula is C22H26N4O. The minimum Gasteiger partial charge on any atom is -0.335 e. The normalized spacial score (nSPS) is 15.6. The number of hydrogen-bond donors (Lipinski definition) is 0. The Morgan fingerprint density at radius 3 is 2.44 bits per heavy atom. The van der Waals surface area contributed by atoms with E-state index >= 15 is 0 Å². The Morgan fingerprint density at radius 1 is 1.00 bits per heavy atom. The number of rotatable bonds is 3. The number of benzene rings is 2.